The summed E-state index contributed by atoms with van der Waals surface area (Å²) in [5.74, 6) is 4.07. The number of ether oxygens (including phenoxy) is 1. The minimum absolute atomic E-state index is 0.557. The van der Waals surface area contributed by atoms with Crippen molar-refractivity contribution in [1.82, 2.24) is 0 Å². The summed E-state index contributed by atoms with van der Waals surface area (Å²) in [5, 5.41) is 2.79. The second-order valence-electron chi connectivity index (χ2n) is 8.45. The third kappa shape index (κ3) is 2.20. The fraction of sp³-hybridized carbons (Fsp3) is 0.667. The molecule has 4 rings (SSSR count). The lowest BCUT2D eigenvalue weighted by Crippen LogP contribution is -2.41. The Labute approximate surface area is 145 Å². The number of nitrogens with one attached hydrogen (secondary N) is 1. The number of methoxy groups -OCH3 is 1. The zero-order valence-electron chi connectivity index (χ0n) is 15.1. The number of carbonyl (C=O) groups is 1. The monoisotopic (exact) mass is 327 g/mol. The molecule has 1 aromatic rings. The lowest BCUT2D eigenvalue weighted by molar-refractivity contribution is -0.105. The van der Waals surface area contributed by atoms with Crippen LogP contribution in [0.1, 0.15) is 63.0 Å². The van der Waals surface area contributed by atoms with E-state index in [-0.39, 0.29) is 0 Å². The fourth-order valence-electron chi connectivity index (χ4n) is 6.21. The number of fused-ring (bicyclic) bond motifs is 5. The van der Waals surface area contributed by atoms with Crippen LogP contribution in [0.5, 0.6) is 5.75 Å². The van der Waals surface area contributed by atoms with Gasteiger partial charge in [0.25, 0.3) is 0 Å². The quantitative estimate of drug-likeness (QED) is 0.813. The van der Waals surface area contributed by atoms with Crippen molar-refractivity contribution >= 4 is 12.1 Å². The molecule has 0 radical (unpaired) electrons. The van der Waals surface area contributed by atoms with Crippen molar-refractivity contribution < 1.29 is 9.53 Å². The average Bonchev–Trinajstić information content (AvgIpc) is 2.89. The van der Waals surface area contributed by atoms with E-state index in [0.29, 0.717) is 11.3 Å². The lowest BCUT2D eigenvalue weighted by Gasteiger charge is -2.50. The molecule has 0 saturated heterocycles. The van der Waals surface area contributed by atoms with Gasteiger partial charge < -0.3 is 10.1 Å². The van der Waals surface area contributed by atoms with Crippen LogP contribution >= 0.6 is 0 Å². The number of hydrogen-bond donors (Lipinski definition) is 1. The van der Waals surface area contributed by atoms with E-state index in [4.69, 9.17) is 4.74 Å². The van der Waals surface area contributed by atoms with Gasteiger partial charge in [-0.1, -0.05) is 13.8 Å². The molecular formula is C21H29NO2. The smallest absolute Gasteiger partial charge is 0.211 e. The highest BCUT2D eigenvalue weighted by molar-refractivity contribution is 5.76. The predicted molar refractivity (Wildman–Crippen MR) is 96.5 cm³/mol. The molecule has 0 unspecified atom stereocenters. The Kier molecular flexibility index (Phi) is 3.85. The summed E-state index contributed by atoms with van der Waals surface area (Å²) >= 11 is 0. The van der Waals surface area contributed by atoms with Crippen molar-refractivity contribution in [3.8, 4) is 5.75 Å². The largest absolute Gasteiger partial charge is 0.495 e. The highest BCUT2D eigenvalue weighted by Gasteiger charge is 2.53. The molecule has 130 valence electrons. The first-order valence-corrected chi connectivity index (χ1v) is 9.49. The first-order valence-electron chi connectivity index (χ1n) is 9.49. The highest BCUT2D eigenvalue weighted by atomic mass is 16.5. The van der Waals surface area contributed by atoms with Crippen molar-refractivity contribution in [3.63, 3.8) is 0 Å². The number of benzene rings is 1. The van der Waals surface area contributed by atoms with E-state index in [1.54, 1.807) is 7.11 Å². The minimum Gasteiger partial charge on any atom is -0.495 e. The van der Waals surface area contributed by atoms with E-state index in [2.05, 4.69) is 31.3 Å². The molecular weight excluding hydrogens is 298 g/mol. The molecule has 0 heterocycles. The van der Waals surface area contributed by atoms with Crippen LogP contribution in [0.25, 0.3) is 0 Å². The van der Waals surface area contributed by atoms with Crippen LogP contribution in [0.3, 0.4) is 0 Å². The zero-order chi connectivity index (χ0) is 16.9. The van der Waals surface area contributed by atoms with E-state index in [1.807, 2.05) is 0 Å². The Morgan fingerprint density at radius 3 is 2.83 bits per heavy atom. The molecule has 2 saturated carbocycles. The summed E-state index contributed by atoms with van der Waals surface area (Å²) in [6.45, 7) is 5.02. The first kappa shape index (κ1) is 16.0. The maximum absolute atomic E-state index is 10.9. The van der Waals surface area contributed by atoms with Crippen molar-refractivity contribution in [2.45, 2.75) is 58.3 Å². The van der Waals surface area contributed by atoms with Crippen molar-refractivity contribution in [1.29, 1.82) is 0 Å². The molecule has 1 aromatic carbocycles. The molecule has 3 aliphatic carbocycles. The van der Waals surface area contributed by atoms with E-state index < -0.39 is 0 Å². The van der Waals surface area contributed by atoms with Gasteiger partial charge in [0.15, 0.2) is 0 Å². The Morgan fingerprint density at radius 1 is 1.25 bits per heavy atom. The minimum atomic E-state index is 0.557. The Morgan fingerprint density at radius 2 is 2.08 bits per heavy atom. The van der Waals surface area contributed by atoms with Crippen molar-refractivity contribution in [2.75, 3.05) is 12.4 Å². The molecule has 0 aromatic heterocycles. The molecule has 24 heavy (non-hydrogen) atoms. The number of anilines is 1. The van der Waals surface area contributed by atoms with E-state index >= 15 is 0 Å². The van der Waals surface area contributed by atoms with Gasteiger partial charge in [0, 0.05) is 0 Å². The Hall–Kier alpha value is -1.51. The van der Waals surface area contributed by atoms with Gasteiger partial charge in [-0.3, -0.25) is 4.79 Å². The summed E-state index contributed by atoms with van der Waals surface area (Å²) < 4.78 is 5.55. The molecule has 3 heteroatoms. The average molecular weight is 327 g/mol. The molecule has 1 N–H and O–H groups in total. The maximum Gasteiger partial charge on any atom is 0.211 e. The van der Waals surface area contributed by atoms with Crippen LogP contribution in [0.2, 0.25) is 0 Å². The van der Waals surface area contributed by atoms with Gasteiger partial charge in [-0.2, -0.15) is 0 Å². The van der Waals surface area contributed by atoms with Crippen LogP contribution in [0.15, 0.2) is 12.1 Å². The number of aryl methyl sites for hydroxylation is 1. The van der Waals surface area contributed by atoms with Crippen LogP contribution in [-0.4, -0.2) is 13.5 Å². The van der Waals surface area contributed by atoms with Crippen molar-refractivity contribution in [2.24, 2.45) is 23.2 Å². The molecule has 0 bridgehead atoms. The highest BCUT2D eigenvalue weighted by Crippen LogP contribution is 2.63. The normalized spacial score (nSPS) is 37.1. The lowest BCUT2D eigenvalue weighted by atomic mass is 9.54. The summed E-state index contributed by atoms with van der Waals surface area (Å²) in [4.78, 5) is 10.9. The molecule has 2 fully saturated rings. The summed E-state index contributed by atoms with van der Waals surface area (Å²) in [5.41, 5.74) is 4.26. The third-order valence-corrected chi connectivity index (χ3v) is 7.73. The van der Waals surface area contributed by atoms with E-state index in [9.17, 15) is 4.79 Å². The maximum atomic E-state index is 10.9. The molecule has 0 aliphatic heterocycles. The summed E-state index contributed by atoms with van der Waals surface area (Å²) in [7, 11) is 1.69. The topological polar surface area (TPSA) is 38.3 Å². The molecule has 1 amide bonds. The van der Waals surface area contributed by atoms with E-state index in [1.165, 1.54) is 43.2 Å². The summed E-state index contributed by atoms with van der Waals surface area (Å²) in [6.07, 6.45) is 8.65. The second-order valence-corrected chi connectivity index (χ2v) is 8.45. The predicted octanol–water partition coefficient (Wildman–Crippen LogP) is 4.76. The van der Waals surface area contributed by atoms with Crippen molar-refractivity contribution in [3.05, 3.63) is 23.3 Å². The molecule has 0 spiro atoms. The van der Waals surface area contributed by atoms with Crippen LogP contribution < -0.4 is 10.1 Å². The van der Waals surface area contributed by atoms with Gasteiger partial charge in [-0.15, -0.1) is 0 Å². The van der Waals surface area contributed by atoms with Crippen LogP contribution in [0, 0.1) is 23.2 Å². The number of amides is 1. The van der Waals surface area contributed by atoms with Gasteiger partial charge >= 0.3 is 0 Å². The van der Waals surface area contributed by atoms with Gasteiger partial charge in [0.05, 0.1) is 12.8 Å². The number of rotatable bonds is 3. The third-order valence-electron chi connectivity index (χ3n) is 7.73. The second kappa shape index (κ2) is 5.79. The molecule has 5 atom stereocenters. The number of hydrogen-bond acceptors (Lipinski definition) is 2. The Bertz CT molecular complexity index is 655. The zero-order valence-corrected chi connectivity index (χ0v) is 15.1. The molecule has 3 aliphatic rings. The van der Waals surface area contributed by atoms with Gasteiger partial charge in [0.1, 0.15) is 5.75 Å². The van der Waals surface area contributed by atoms with Gasteiger partial charge in [0.2, 0.25) is 6.41 Å². The molecule has 3 nitrogen and oxygen atoms in total. The fourth-order valence-corrected chi connectivity index (χ4v) is 6.21. The van der Waals surface area contributed by atoms with Crippen LogP contribution in [0.4, 0.5) is 5.69 Å². The summed E-state index contributed by atoms with van der Waals surface area (Å²) in [6, 6.07) is 4.35. The number of carbonyl (C=O) groups excluding carboxylic acids is 1. The first-order chi connectivity index (χ1) is 11.6. The van der Waals surface area contributed by atoms with Gasteiger partial charge in [-0.05, 0) is 90.9 Å². The Balaban J connectivity index is 1.71. The van der Waals surface area contributed by atoms with E-state index in [0.717, 1.165) is 42.0 Å². The SMILES string of the molecule is COc1cc2c(cc1NC=O)CC[C@@H]1[C@@H]2CC[C@]2(C)[C@@H](C)CC[C@@H]12. The standard InChI is InChI=1S/C21H29NO2/c1-13-4-7-18-16-6-5-14-10-19(22-12-23)20(24-3)11-17(14)15(16)8-9-21(13,18)2/h10-13,15-16,18H,4-9H2,1-3H3,(H,22,23)/t13-,15-,16+,18-,21+/m0/s1. The van der Waals surface area contributed by atoms with Gasteiger partial charge in [-0.25, -0.2) is 0 Å². The van der Waals surface area contributed by atoms with Crippen LogP contribution in [-0.2, 0) is 11.2 Å².